The second-order valence-corrected chi connectivity index (χ2v) is 7.59. The first kappa shape index (κ1) is 20.8. The molecule has 2 amide bonds. The summed E-state index contributed by atoms with van der Waals surface area (Å²) in [6.45, 7) is 7.13. The van der Waals surface area contributed by atoms with Crippen molar-refractivity contribution in [2.75, 3.05) is 44.6 Å². The number of benzene rings is 1. The molecule has 0 saturated carbocycles. The number of nitrogens with zero attached hydrogens (tertiary/aromatic N) is 2. The van der Waals surface area contributed by atoms with Gasteiger partial charge in [0.15, 0.2) is 0 Å². The van der Waals surface area contributed by atoms with Gasteiger partial charge in [-0.25, -0.2) is 0 Å². The van der Waals surface area contributed by atoms with Crippen molar-refractivity contribution >= 4 is 33.4 Å². The lowest BCUT2D eigenvalue weighted by Crippen LogP contribution is -2.55. The molecule has 3 N–H and O–H groups in total. The summed E-state index contributed by atoms with van der Waals surface area (Å²) >= 11 is 3.37. The van der Waals surface area contributed by atoms with Gasteiger partial charge in [0.25, 0.3) is 0 Å². The average Bonchev–Trinajstić information content (AvgIpc) is 2.57. The van der Waals surface area contributed by atoms with E-state index in [4.69, 9.17) is 0 Å². The van der Waals surface area contributed by atoms with Gasteiger partial charge >= 0.3 is 0 Å². The first-order valence-electron chi connectivity index (χ1n) is 8.80. The quantitative estimate of drug-likeness (QED) is 0.602. The molecule has 1 aromatic rings. The number of carbonyl (C=O) groups excluding carboxylic acids is 2. The predicted molar refractivity (Wildman–Crippen MR) is 105 cm³/mol. The molecule has 0 unspecified atom stereocenters. The molecule has 1 fully saturated rings. The molecule has 144 valence electrons. The van der Waals surface area contributed by atoms with Crippen LogP contribution in [0.15, 0.2) is 28.7 Å². The molecule has 0 spiro atoms. The topological polar surface area (TPSA) is 84.9 Å². The Bertz CT molecular complexity index is 626. The summed E-state index contributed by atoms with van der Waals surface area (Å²) in [7, 11) is 0. The number of anilines is 1. The molecule has 1 saturated heterocycles. The fourth-order valence-corrected chi connectivity index (χ4v) is 3.41. The first-order valence-corrected chi connectivity index (χ1v) is 9.60. The van der Waals surface area contributed by atoms with Crippen molar-refractivity contribution in [3.8, 4) is 0 Å². The molecule has 0 aromatic heterocycles. The molecule has 1 aliphatic rings. The van der Waals surface area contributed by atoms with E-state index < -0.39 is 0 Å². The summed E-state index contributed by atoms with van der Waals surface area (Å²) < 4.78 is 0.795. The van der Waals surface area contributed by atoms with Crippen LogP contribution in [-0.2, 0) is 9.59 Å². The highest BCUT2D eigenvalue weighted by Crippen LogP contribution is 2.20. The maximum absolute atomic E-state index is 12.1. The normalized spacial score (nSPS) is 19.8. The van der Waals surface area contributed by atoms with Crippen LogP contribution in [0.25, 0.3) is 0 Å². The van der Waals surface area contributed by atoms with E-state index in [-0.39, 0.29) is 37.0 Å². The van der Waals surface area contributed by atoms with Gasteiger partial charge in [-0.05, 0) is 41.9 Å². The minimum absolute atomic E-state index is 0.0590. The standard InChI is InChI=1S/C18H27BrN4O3/c1-13-10-22(11-14(2)24)7-8-23(13)12-18(26)20-9-17(25)21-16-6-4-3-5-15(16)19/h3-6,13-14,24H,7-12H2,1-2H3,(H,20,26)(H,21,25)/t13-,14+/m1/s1. The van der Waals surface area contributed by atoms with Crippen LogP contribution in [0.4, 0.5) is 5.69 Å². The van der Waals surface area contributed by atoms with E-state index in [9.17, 15) is 14.7 Å². The van der Waals surface area contributed by atoms with Crippen LogP contribution in [-0.4, -0.2) is 78.1 Å². The number of piperazine rings is 1. The zero-order valence-electron chi connectivity index (χ0n) is 15.2. The Morgan fingerprint density at radius 3 is 2.69 bits per heavy atom. The smallest absolute Gasteiger partial charge is 0.243 e. The Labute approximate surface area is 162 Å². The van der Waals surface area contributed by atoms with E-state index in [1.807, 2.05) is 18.2 Å². The summed E-state index contributed by atoms with van der Waals surface area (Å²) in [5.74, 6) is -0.428. The number of para-hydroxylation sites is 1. The predicted octanol–water partition coefficient (Wildman–Crippen LogP) is 0.891. The highest BCUT2D eigenvalue weighted by molar-refractivity contribution is 9.10. The zero-order valence-corrected chi connectivity index (χ0v) is 16.8. The molecule has 0 aliphatic carbocycles. The molecule has 2 rings (SSSR count). The second-order valence-electron chi connectivity index (χ2n) is 6.73. The van der Waals surface area contributed by atoms with Gasteiger partial charge in [-0.1, -0.05) is 12.1 Å². The molecule has 0 bridgehead atoms. The SMILES string of the molecule is C[C@H](O)CN1CCN(CC(=O)NCC(=O)Nc2ccccc2Br)[C@H](C)C1. The Balaban J connectivity index is 1.72. The van der Waals surface area contributed by atoms with Crippen molar-refractivity contribution in [1.82, 2.24) is 15.1 Å². The van der Waals surface area contributed by atoms with Crippen LogP contribution in [0.5, 0.6) is 0 Å². The lowest BCUT2D eigenvalue weighted by atomic mass is 10.1. The Kier molecular flexibility index (Phi) is 8.02. The van der Waals surface area contributed by atoms with Gasteiger partial charge in [0, 0.05) is 36.7 Å². The number of aliphatic hydroxyl groups is 1. The number of carbonyl (C=O) groups is 2. The van der Waals surface area contributed by atoms with Crippen molar-refractivity contribution in [3.05, 3.63) is 28.7 Å². The zero-order chi connectivity index (χ0) is 19.1. The van der Waals surface area contributed by atoms with E-state index in [1.165, 1.54) is 0 Å². The minimum Gasteiger partial charge on any atom is -0.392 e. The first-order chi connectivity index (χ1) is 12.3. The van der Waals surface area contributed by atoms with Crippen molar-refractivity contribution in [2.24, 2.45) is 0 Å². The number of β-amino-alcohol motifs (C(OH)–C–C–N with tert-alkyl or cyclic N) is 1. The van der Waals surface area contributed by atoms with E-state index >= 15 is 0 Å². The monoisotopic (exact) mass is 426 g/mol. The highest BCUT2D eigenvalue weighted by atomic mass is 79.9. The third-order valence-electron chi connectivity index (χ3n) is 4.31. The lowest BCUT2D eigenvalue weighted by Gasteiger charge is -2.39. The van der Waals surface area contributed by atoms with Crippen molar-refractivity contribution in [1.29, 1.82) is 0 Å². The Morgan fingerprint density at radius 1 is 1.31 bits per heavy atom. The van der Waals surface area contributed by atoms with E-state index in [0.29, 0.717) is 12.2 Å². The highest BCUT2D eigenvalue weighted by Gasteiger charge is 2.25. The van der Waals surface area contributed by atoms with Crippen LogP contribution >= 0.6 is 15.9 Å². The molecule has 1 aliphatic heterocycles. The molecule has 26 heavy (non-hydrogen) atoms. The van der Waals surface area contributed by atoms with Crippen LogP contribution in [0, 0.1) is 0 Å². The van der Waals surface area contributed by atoms with Gasteiger partial charge in [-0.3, -0.25) is 19.4 Å². The molecular formula is C18H27BrN4O3. The van der Waals surface area contributed by atoms with Crippen molar-refractivity contribution in [3.63, 3.8) is 0 Å². The summed E-state index contributed by atoms with van der Waals surface area (Å²) in [4.78, 5) is 28.4. The number of nitrogens with one attached hydrogen (secondary N) is 2. The van der Waals surface area contributed by atoms with Crippen LogP contribution < -0.4 is 10.6 Å². The number of rotatable bonds is 7. The number of amides is 2. The van der Waals surface area contributed by atoms with E-state index in [2.05, 4.69) is 43.3 Å². The van der Waals surface area contributed by atoms with Gasteiger partial charge in [0.05, 0.1) is 24.9 Å². The van der Waals surface area contributed by atoms with Gasteiger partial charge in [-0.2, -0.15) is 0 Å². The molecule has 2 atom stereocenters. The second kappa shape index (κ2) is 10.0. The number of aliphatic hydroxyl groups excluding tert-OH is 1. The van der Waals surface area contributed by atoms with Crippen molar-refractivity contribution in [2.45, 2.75) is 26.0 Å². The molecule has 8 heteroatoms. The number of hydrogen-bond donors (Lipinski definition) is 3. The largest absolute Gasteiger partial charge is 0.392 e. The maximum Gasteiger partial charge on any atom is 0.243 e. The summed E-state index contributed by atoms with van der Waals surface area (Å²) in [6, 6.07) is 7.55. The molecule has 1 heterocycles. The minimum atomic E-state index is -0.347. The summed E-state index contributed by atoms with van der Waals surface area (Å²) in [6.07, 6.45) is -0.347. The summed E-state index contributed by atoms with van der Waals surface area (Å²) in [5, 5.41) is 14.9. The Morgan fingerprint density at radius 2 is 2.04 bits per heavy atom. The molecule has 7 nitrogen and oxygen atoms in total. The summed E-state index contributed by atoms with van der Waals surface area (Å²) in [5.41, 5.74) is 0.676. The van der Waals surface area contributed by atoms with Gasteiger partial charge in [0.1, 0.15) is 0 Å². The number of hydrogen-bond acceptors (Lipinski definition) is 5. The van der Waals surface area contributed by atoms with Gasteiger partial charge in [0.2, 0.25) is 11.8 Å². The lowest BCUT2D eigenvalue weighted by molar-refractivity contribution is -0.126. The van der Waals surface area contributed by atoms with Gasteiger partial charge in [-0.15, -0.1) is 0 Å². The van der Waals surface area contributed by atoms with Crippen LogP contribution in [0.3, 0.4) is 0 Å². The van der Waals surface area contributed by atoms with Gasteiger partial charge < -0.3 is 15.7 Å². The van der Waals surface area contributed by atoms with Crippen LogP contribution in [0.1, 0.15) is 13.8 Å². The average molecular weight is 427 g/mol. The van der Waals surface area contributed by atoms with E-state index in [0.717, 1.165) is 24.1 Å². The van der Waals surface area contributed by atoms with Crippen molar-refractivity contribution < 1.29 is 14.7 Å². The fraction of sp³-hybridized carbons (Fsp3) is 0.556. The number of halogens is 1. The maximum atomic E-state index is 12.1. The fourth-order valence-electron chi connectivity index (χ4n) is 3.02. The third-order valence-corrected chi connectivity index (χ3v) is 5.00. The molecular weight excluding hydrogens is 400 g/mol. The van der Waals surface area contributed by atoms with E-state index in [1.54, 1.807) is 13.0 Å². The molecule has 0 radical (unpaired) electrons. The van der Waals surface area contributed by atoms with Crippen LogP contribution in [0.2, 0.25) is 0 Å². The Hall–Kier alpha value is -1.48. The molecule has 1 aromatic carbocycles. The third kappa shape index (κ3) is 6.68.